The SMILES string of the molecule is C=CCNC(=O)n1cc(F)c(=O)[nH]c1=O. The van der Waals surface area contributed by atoms with Crippen LogP contribution in [0.5, 0.6) is 0 Å². The maximum absolute atomic E-state index is 12.7. The van der Waals surface area contributed by atoms with Gasteiger partial charge in [-0.25, -0.2) is 14.2 Å². The van der Waals surface area contributed by atoms with Crippen LogP contribution in [0.4, 0.5) is 9.18 Å². The number of carbonyl (C=O) groups excluding carboxylic acids is 1. The third kappa shape index (κ3) is 2.39. The minimum atomic E-state index is -1.21. The average Bonchev–Trinajstić information content (AvgIpc) is 2.20. The lowest BCUT2D eigenvalue weighted by atomic mass is 10.6. The van der Waals surface area contributed by atoms with Gasteiger partial charge in [0.05, 0.1) is 6.20 Å². The first-order chi connectivity index (χ1) is 7.06. The molecule has 2 N–H and O–H groups in total. The van der Waals surface area contributed by atoms with Crippen molar-refractivity contribution in [3.8, 4) is 0 Å². The number of hydrogen-bond acceptors (Lipinski definition) is 3. The first-order valence-electron chi connectivity index (χ1n) is 3.97. The van der Waals surface area contributed by atoms with E-state index >= 15 is 0 Å². The largest absolute Gasteiger partial charge is 0.336 e. The van der Waals surface area contributed by atoms with E-state index in [1.807, 2.05) is 0 Å². The fourth-order valence-electron chi connectivity index (χ4n) is 0.843. The molecule has 0 saturated heterocycles. The predicted molar refractivity (Wildman–Crippen MR) is 50.3 cm³/mol. The van der Waals surface area contributed by atoms with E-state index < -0.39 is 23.1 Å². The molecule has 1 heterocycles. The summed E-state index contributed by atoms with van der Waals surface area (Å²) in [4.78, 5) is 34.5. The lowest BCUT2D eigenvalue weighted by Crippen LogP contribution is -2.40. The summed E-state index contributed by atoms with van der Waals surface area (Å²) in [5.74, 6) is -1.21. The Kier molecular flexibility index (Phi) is 3.17. The zero-order valence-corrected chi connectivity index (χ0v) is 7.62. The maximum Gasteiger partial charge on any atom is 0.336 e. The summed E-state index contributed by atoms with van der Waals surface area (Å²) in [6.45, 7) is 3.48. The Hall–Kier alpha value is -2.18. The minimum Gasteiger partial charge on any atom is -0.334 e. The van der Waals surface area contributed by atoms with Crippen LogP contribution in [-0.4, -0.2) is 22.1 Å². The third-order valence-corrected chi connectivity index (χ3v) is 1.52. The summed E-state index contributed by atoms with van der Waals surface area (Å²) < 4.78 is 13.2. The van der Waals surface area contributed by atoms with Crippen molar-refractivity contribution in [2.45, 2.75) is 0 Å². The molecule has 0 unspecified atom stereocenters. The highest BCUT2D eigenvalue weighted by Gasteiger charge is 2.09. The highest BCUT2D eigenvalue weighted by molar-refractivity contribution is 5.76. The molecule has 0 aliphatic carbocycles. The van der Waals surface area contributed by atoms with Gasteiger partial charge in [0, 0.05) is 6.54 Å². The van der Waals surface area contributed by atoms with E-state index in [9.17, 15) is 18.8 Å². The number of rotatable bonds is 2. The molecule has 1 aromatic rings. The van der Waals surface area contributed by atoms with Gasteiger partial charge < -0.3 is 5.32 Å². The van der Waals surface area contributed by atoms with E-state index in [4.69, 9.17) is 0 Å². The first-order valence-corrected chi connectivity index (χ1v) is 3.97. The number of nitrogens with zero attached hydrogens (tertiary/aromatic N) is 1. The highest BCUT2D eigenvalue weighted by Crippen LogP contribution is 1.83. The van der Waals surface area contributed by atoms with Crippen molar-refractivity contribution < 1.29 is 9.18 Å². The van der Waals surface area contributed by atoms with Crippen molar-refractivity contribution >= 4 is 6.03 Å². The Morgan fingerprint density at radius 3 is 2.93 bits per heavy atom. The number of aromatic amines is 1. The Morgan fingerprint density at radius 2 is 2.33 bits per heavy atom. The smallest absolute Gasteiger partial charge is 0.334 e. The van der Waals surface area contributed by atoms with Crippen LogP contribution in [0.25, 0.3) is 0 Å². The molecular formula is C8H8FN3O3. The Labute approximate surface area is 83.1 Å². The van der Waals surface area contributed by atoms with Crippen LogP contribution in [0.15, 0.2) is 28.4 Å². The van der Waals surface area contributed by atoms with Gasteiger partial charge in [0.25, 0.3) is 5.56 Å². The van der Waals surface area contributed by atoms with Crippen LogP contribution in [0.1, 0.15) is 0 Å². The standard InChI is InChI=1S/C8H8FN3O3/c1-2-3-10-7(14)12-4-5(9)6(13)11-8(12)15/h2,4H,1,3H2,(H,10,14)(H,11,13,15). The average molecular weight is 213 g/mol. The molecule has 15 heavy (non-hydrogen) atoms. The number of nitrogens with one attached hydrogen (secondary N) is 2. The number of H-pyrrole nitrogens is 1. The van der Waals surface area contributed by atoms with Gasteiger partial charge in [0.1, 0.15) is 0 Å². The van der Waals surface area contributed by atoms with Crippen molar-refractivity contribution in [1.82, 2.24) is 14.9 Å². The van der Waals surface area contributed by atoms with Crippen molar-refractivity contribution in [3.63, 3.8) is 0 Å². The van der Waals surface area contributed by atoms with E-state index in [0.29, 0.717) is 10.8 Å². The molecular weight excluding hydrogens is 205 g/mol. The molecule has 80 valence electrons. The molecule has 0 spiro atoms. The van der Waals surface area contributed by atoms with Gasteiger partial charge in [-0.1, -0.05) is 6.08 Å². The van der Waals surface area contributed by atoms with Crippen LogP contribution in [0.2, 0.25) is 0 Å². The topological polar surface area (TPSA) is 84.0 Å². The van der Waals surface area contributed by atoms with E-state index in [-0.39, 0.29) is 6.54 Å². The molecule has 0 aromatic carbocycles. The molecule has 7 heteroatoms. The number of hydrogen-bond donors (Lipinski definition) is 2. The fraction of sp³-hybridized carbons (Fsp3) is 0.125. The number of halogens is 1. The number of amides is 1. The van der Waals surface area contributed by atoms with Crippen LogP contribution in [0, 0.1) is 5.82 Å². The summed E-state index contributed by atoms with van der Waals surface area (Å²) in [5, 5.41) is 2.25. The van der Waals surface area contributed by atoms with Gasteiger partial charge in [-0.15, -0.1) is 6.58 Å². The second-order valence-electron chi connectivity index (χ2n) is 2.58. The van der Waals surface area contributed by atoms with Crippen molar-refractivity contribution in [1.29, 1.82) is 0 Å². The normalized spacial score (nSPS) is 9.67. The molecule has 0 bridgehead atoms. The molecule has 0 aliphatic heterocycles. The zero-order chi connectivity index (χ0) is 11.4. The zero-order valence-electron chi connectivity index (χ0n) is 7.62. The molecule has 1 aromatic heterocycles. The van der Waals surface area contributed by atoms with Crippen molar-refractivity contribution in [3.05, 3.63) is 45.5 Å². The van der Waals surface area contributed by atoms with E-state index in [0.717, 1.165) is 0 Å². The van der Waals surface area contributed by atoms with Crippen LogP contribution in [0.3, 0.4) is 0 Å². The number of aromatic nitrogens is 2. The molecule has 0 aliphatic rings. The first kappa shape index (κ1) is 10.9. The third-order valence-electron chi connectivity index (χ3n) is 1.52. The molecule has 0 atom stereocenters. The molecule has 0 fully saturated rings. The van der Waals surface area contributed by atoms with Crippen LogP contribution >= 0.6 is 0 Å². The van der Waals surface area contributed by atoms with Gasteiger partial charge >= 0.3 is 11.7 Å². The molecule has 6 nitrogen and oxygen atoms in total. The molecule has 1 rings (SSSR count). The highest BCUT2D eigenvalue weighted by atomic mass is 19.1. The molecule has 1 amide bonds. The Morgan fingerprint density at radius 1 is 1.67 bits per heavy atom. The number of carbonyl (C=O) groups is 1. The van der Waals surface area contributed by atoms with E-state index in [1.54, 1.807) is 4.98 Å². The second kappa shape index (κ2) is 4.36. The quantitative estimate of drug-likeness (QED) is 0.644. The predicted octanol–water partition coefficient (Wildman–Crippen LogP) is -0.581. The van der Waals surface area contributed by atoms with E-state index in [2.05, 4.69) is 11.9 Å². The minimum absolute atomic E-state index is 0.131. The van der Waals surface area contributed by atoms with Gasteiger partial charge in [0.2, 0.25) is 5.82 Å². The maximum atomic E-state index is 12.7. The summed E-state index contributed by atoms with van der Waals surface area (Å²) in [5.41, 5.74) is -2.16. The van der Waals surface area contributed by atoms with Gasteiger partial charge in [-0.05, 0) is 0 Å². The lowest BCUT2D eigenvalue weighted by Gasteiger charge is -2.03. The van der Waals surface area contributed by atoms with Crippen LogP contribution in [-0.2, 0) is 0 Å². The summed E-state index contributed by atoms with van der Waals surface area (Å²) in [6, 6.07) is -0.838. The fourth-order valence-corrected chi connectivity index (χ4v) is 0.843. The molecule has 0 radical (unpaired) electrons. The van der Waals surface area contributed by atoms with E-state index in [1.165, 1.54) is 6.08 Å². The Bertz CT molecular complexity index is 503. The lowest BCUT2D eigenvalue weighted by molar-refractivity contribution is 0.241. The summed E-state index contributed by atoms with van der Waals surface area (Å²) in [7, 11) is 0. The summed E-state index contributed by atoms with van der Waals surface area (Å²) >= 11 is 0. The molecule has 0 saturated carbocycles. The second-order valence-corrected chi connectivity index (χ2v) is 2.58. The van der Waals surface area contributed by atoms with Crippen molar-refractivity contribution in [2.24, 2.45) is 0 Å². The summed E-state index contributed by atoms with van der Waals surface area (Å²) in [6.07, 6.45) is 1.92. The van der Waals surface area contributed by atoms with Crippen LogP contribution < -0.4 is 16.6 Å². The van der Waals surface area contributed by atoms with Gasteiger partial charge in [-0.2, -0.15) is 4.39 Å². The monoisotopic (exact) mass is 213 g/mol. The Balaban J connectivity index is 3.10. The van der Waals surface area contributed by atoms with Gasteiger partial charge in [-0.3, -0.25) is 9.78 Å². The van der Waals surface area contributed by atoms with Crippen molar-refractivity contribution in [2.75, 3.05) is 6.54 Å². The van der Waals surface area contributed by atoms with Gasteiger partial charge in [0.15, 0.2) is 0 Å².